The SMILES string of the molecule is CC1CC2CSC=NC2(c2cnc(N)s2)CO1. The van der Waals surface area contributed by atoms with Gasteiger partial charge in [0.25, 0.3) is 0 Å². The third kappa shape index (κ3) is 1.88. The number of hydrogen-bond donors (Lipinski definition) is 1. The molecule has 2 N–H and O–H groups in total. The van der Waals surface area contributed by atoms with E-state index in [0.717, 1.165) is 17.1 Å². The van der Waals surface area contributed by atoms with Gasteiger partial charge >= 0.3 is 0 Å². The molecule has 0 bridgehead atoms. The van der Waals surface area contributed by atoms with Crippen molar-refractivity contribution in [2.45, 2.75) is 25.0 Å². The van der Waals surface area contributed by atoms with Crippen molar-refractivity contribution in [3.05, 3.63) is 11.1 Å². The Kier molecular flexibility index (Phi) is 2.88. The maximum absolute atomic E-state index is 5.83. The Balaban J connectivity index is 2.01. The highest BCUT2D eigenvalue weighted by Gasteiger charge is 2.47. The third-order valence-corrected chi connectivity index (χ3v) is 5.33. The van der Waals surface area contributed by atoms with Crippen LogP contribution < -0.4 is 5.73 Å². The Morgan fingerprint density at radius 3 is 3.24 bits per heavy atom. The molecule has 6 heteroatoms. The van der Waals surface area contributed by atoms with Crippen molar-refractivity contribution >= 4 is 33.8 Å². The summed E-state index contributed by atoms with van der Waals surface area (Å²) in [4.78, 5) is 10.0. The summed E-state index contributed by atoms with van der Waals surface area (Å²) >= 11 is 3.32. The smallest absolute Gasteiger partial charge is 0.180 e. The van der Waals surface area contributed by atoms with Gasteiger partial charge in [-0.3, -0.25) is 4.99 Å². The Morgan fingerprint density at radius 1 is 1.59 bits per heavy atom. The number of rotatable bonds is 1. The molecular weight excluding hydrogens is 254 g/mol. The Labute approximate surface area is 109 Å². The molecule has 1 saturated heterocycles. The largest absolute Gasteiger partial charge is 0.376 e. The second-order valence-electron chi connectivity index (χ2n) is 4.61. The predicted molar refractivity (Wildman–Crippen MR) is 72.7 cm³/mol. The number of aromatic nitrogens is 1. The van der Waals surface area contributed by atoms with E-state index < -0.39 is 0 Å². The van der Waals surface area contributed by atoms with Crippen molar-refractivity contribution in [3.63, 3.8) is 0 Å². The average Bonchev–Trinajstić information content (AvgIpc) is 2.76. The highest BCUT2D eigenvalue weighted by molar-refractivity contribution is 8.12. The number of ether oxygens (including phenoxy) is 1. The van der Waals surface area contributed by atoms with Crippen LogP contribution in [0.2, 0.25) is 0 Å². The van der Waals surface area contributed by atoms with Gasteiger partial charge in [-0.2, -0.15) is 0 Å². The number of nitrogens with zero attached hydrogens (tertiary/aromatic N) is 2. The molecule has 4 nitrogen and oxygen atoms in total. The van der Waals surface area contributed by atoms with Crippen LogP contribution in [0.4, 0.5) is 5.13 Å². The summed E-state index contributed by atoms with van der Waals surface area (Å²) in [7, 11) is 0. The lowest BCUT2D eigenvalue weighted by Crippen LogP contribution is -2.47. The van der Waals surface area contributed by atoms with Crippen LogP contribution in [-0.4, -0.2) is 29.0 Å². The standard InChI is InChI=1S/C11H15N3OS2/c1-7-2-8-4-16-6-14-11(8,5-15-7)9-3-13-10(12)17-9/h3,6-8H,2,4-5H2,1H3,(H2,12,13). The molecule has 1 aromatic rings. The molecule has 0 amide bonds. The van der Waals surface area contributed by atoms with E-state index in [-0.39, 0.29) is 5.54 Å². The van der Waals surface area contributed by atoms with Crippen LogP contribution in [0.3, 0.4) is 0 Å². The summed E-state index contributed by atoms with van der Waals surface area (Å²) in [5.74, 6) is 1.63. The van der Waals surface area contributed by atoms with Crippen molar-refractivity contribution in [1.82, 2.24) is 4.98 Å². The molecule has 1 fully saturated rings. The van der Waals surface area contributed by atoms with Gasteiger partial charge in [-0.05, 0) is 13.3 Å². The van der Waals surface area contributed by atoms with Crippen LogP contribution in [0, 0.1) is 5.92 Å². The van der Waals surface area contributed by atoms with Crippen LogP contribution in [0.15, 0.2) is 11.2 Å². The molecule has 17 heavy (non-hydrogen) atoms. The zero-order chi connectivity index (χ0) is 11.9. The van der Waals surface area contributed by atoms with E-state index in [1.54, 1.807) is 11.8 Å². The van der Waals surface area contributed by atoms with Gasteiger partial charge in [0, 0.05) is 17.9 Å². The predicted octanol–water partition coefficient (Wildman–Crippen LogP) is 2.12. The van der Waals surface area contributed by atoms with Crippen LogP contribution in [0.5, 0.6) is 0 Å². The Morgan fingerprint density at radius 2 is 2.47 bits per heavy atom. The van der Waals surface area contributed by atoms with Gasteiger partial charge in [0.05, 0.1) is 23.1 Å². The molecule has 0 aromatic carbocycles. The number of fused-ring (bicyclic) bond motifs is 1. The molecule has 1 aromatic heterocycles. The summed E-state index contributed by atoms with van der Waals surface area (Å²) in [6.07, 6.45) is 3.24. The number of hydrogen-bond acceptors (Lipinski definition) is 6. The number of anilines is 1. The fourth-order valence-corrected chi connectivity index (χ4v) is 4.40. The van der Waals surface area contributed by atoms with Crippen LogP contribution >= 0.6 is 23.1 Å². The monoisotopic (exact) mass is 269 g/mol. The van der Waals surface area contributed by atoms with Crippen molar-refractivity contribution in [3.8, 4) is 0 Å². The highest BCUT2D eigenvalue weighted by Crippen LogP contribution is 2.46. The van der Waals surface area contributed by atoms with E-state index in [0.29, 0.717) is 23.8 Å². The lowest BCUT2D eigenvalue weighted by Gasteiger charge is -2.43. The normalized spacial score (nSPS) is 36.8. The van der Waals surface area contributed by atoms with Crippen molar-refractivity contribution in [1.29, 1.82) is 0 Å². The molecule has 3 rings (SSSR count). The molecule has 0 spiro atoms. The summed E-state index contributed by atoms with van der Waals surface area (Å²) in [6, 6.07) is 0. The number of nitrogen functional groups attached to an aromatic ring is 1. The maximum Gasteiger partial charge on any atom is 0.180 e. The van der Waals surface area contributed by atoms with Gasteiger partial charge in [0.1, 0.15) is 5.54 Å². The zero-order valence-electron chi connectivity index (χ0n) is 9.63. The Bertz CT molecular complexity index is 448. The topological polar surface area (TPSA) is 60.5 Å². The first kappa shape index (κ1) is 11.5. The zero-order valence-corrected chi connectivity index (χ0v) is 11.3. The lowest BCUT2D eigenvalue weighted by atomic mass is 9.79. The van der Waals surface area contributed by atoms with E-state index in [9.17, 15) is 0 Å². The number of thiazole rings is 1. The summed E-state index contributed by atoms with van der Waals surface area (Å²) in [5.41, 5.74) is 7.46. The first-order valence-electron chi connectivity index (χ1n) is 5.69. The summed E-state index contributed by atoms with van der Waals surface area (Å²) < 4.78 is 5.83. The first-order chi connectivity index (χ1) is 8.21. The minimum Gasteiger partial charge on any atom is -0.376 e. The van der Waals surface area contributed by atoms with Crippen molar-refractivity contribution in [2.24, 2.45) is 10.9 Å². The van der Waals surface area contributed by atoms with Gasteiger partial charge in [0.2, 0.25) is 0 Å². The number of nitrogens with two attached hydrogens (primary N) is 1. The van der Waals surface area contributed by atoms with Crippen molar-refractivity contribution in [2.75, 3.05) is 18.1 Å². The molecule has 0 radical (unpaired) electrons. The second kappa shape index (κ2) is 4.26. The first-order valence-corrected chi connectivity index (χ1v) is 7.56. The van der Waals surface area contributed by atoms with Crippen LogP contribution in [0.1, 0.15) is 18.2 Å². The molecule has 3 atom stereocenters. The van der Waals surface area contributed by atoms with E-state index >= 15 is 0 Å². The van der Waals surface area contributed by atoms with Gasteiger partial charge in [-0.15, -0.1) is 11.8 Å². The van der Waals surface area contributed by atoms with Gasteiger partial charge < -0.3 is 10.5 Å². The second-order valence-corrected chi connectivity index (χ2v) is 6.55. The highest BCUT2D eigenvalue weighted by atomic mass is 32.2. The number of thioether (sulfide) groups is 1. The molecule has 3 unspecified atom stereocenters. The fourth-order valence-electron chi connectivity index (χ4n) is 2.51. The van der Waals surface area contributed by atoms with Crippen LogP contribution in [-0.2, 0) is 10.3 Å². The minimum atomic E-state index is -0.229. The van der Waals surface area contributed by atoms with Gasteiger partial charge in [0.15, 0.2) is 5.13 Å². The molecule has 0 aliphatic carbocycles. The van der Waals surface area contributed by atoms with Crippen molar-refractivity contribution < 1.29 is 4.74 Å². The lowest BCUT2D eigenvalue weighted by molar-refractivity contribution is -0.0451. The van der Waals surface area contributed by atoms with Gasteiger partial charge in [-0.25, -0.2) is 4.98 Å². The molecule has 3 heterocycles. The fraction of sp³-hybridized carbons (Fsp3) is 0.636. The molecule has 0 saturated carbocycles. The molecule has 2 aliphatic rings. The number of aliphatic imine (C=N–C) groups is 1. The summed E-state index contributed by atoms with van der Waals surface area (Å²) in [5, 5.41) is 0.611. The van der Waals surface area contributed by atoms with Gasteiger partial charge in [-0.1, -0.05) is 11.3 Å². The van der Waals surface area contributed by atoms with E-state index in [1.807, 2.05) is 11.7 Å². The minimum absolute atomic E-state index is 0.229. The average molecular weight is 269 g/mol. The molecule has 92 valence electrons. The van der Waals surface area contributed by atoms with Crippen LogP contribution in [0.25, 0.3) is 0 Å². The van der Waals surface area contributed by atoms with E-state index in [1.165, 1.54) is 11.3 Å². The maximum atomic E-state index is 5.83. The molecule has 2 aliphatic heterocycles. The molecular formula is C11H15N3OS2. The Hall–Kier alpha value is -0.590. The quantitative estimate of drug-likeness (QED) is 0.848. The summed E-state index contributed by atoms with van der Waals surface area (Å²) in [6.45, 7) is 2.78. The third-order valence-electron chi connectivity index (χ3n) is 3.48. The van der Waals surface area contributed by atoms with E-state index in [4.69, 9.17) is 15.5 Å². The van der Waals surface area contributed by atoms with E-state index in [2.05, 4.69) is 11.9 Å².